The fourth-order valence-corrected chi connectivity index (χ4v) is 1.15. The number of nitrogens with zero attached hydrogens (tertiary/aromatic N) is 2. The van der Waals surface area contributed by atoms with Crippen LogP contribution in [0.25, 0.3) is 0 Å². The number of aromatic nitrogens is 2. The average molecular weight is 195 g/mol. The van der Waals surface area contributed by atoms with Crippen molar-refractivity contribution >= 4 is 5.82 Å². The summed E-state index contributed by atoms with van der Waals surface area (Å²) in [5.74, 6) is 1.87. The second-order valence-corrected chi connectivity index (χ2v) is 3.67. The van der Waals surface area contributed by atoms with Crippen molar-refractivity contribution in [1.82, 2.24) is 9.97 Å². The molecule has 1 aromatic rings. The summed E-state index contributed by atoms with van der Waals surface area (Å²) in [6.07, 6.45) is 1.71. The molecular formula is C10H17N3O. The van der Waals surface area contributed by atoms with Gasteiger partial charge in [-0.2, -0.15) is 0 Å². The highest BCUT2D eigenvalue weighted by Crippen LogP contribution is 2.09. The van der Waals surface area contributed by atoms with Crippen LogP contribution in [0.3, 0.4) is 0 Å². The van der Waals surface area contributed by atoms with Crippen LogP contribution in [0, 0.1) is 12.8 Å². The minimum absolute atomic E-state index is 0.0456. The molecule has 1 aromatic heterocycles. The Labute approximate surface area is 84.4 Å². The summed E-state index contributed by atoms with van der Waals surface area (Å²) >= 11 is 0. The molecule has 4 heteroatoms. The Kier molecular flexibility index (Phi) is 3.83. The first-order valence-corrected chi connectivity index (χ1v) is 4.80. The lowest BCUT2D eigenvalue weighted by Crippen LogP contribution is -2.29. The second-order valence-electron chi connectivity index (χ2n) is 3.67. The van der Waals surface area contributed by atoms with Gasteiger partial charge in [0.2, 0.25) is 0 Å². The number of anilines is 1. The molecule has 0 saturated heterocycles. The highest BCUT2D eigenvalue weighted by molar-refractivity contribution is 5.34. The van der Waals surface area contributed by atoms with Crippen molar-refractivity contribution in [3.63, 3.8) is 0 Å². The summed E-state index contributed by atoms with van der Waals surface area (Å²) in [7, 11) is 0. The molecule has 78 valence electrons. The van der Waals surface area contributed by atoms with Crippen LogP contribution in [0.2, 0.25) is 0 Å². The molecule has 0 amide bonds. The summed E-state index contributed by atoms with van der Waals surface area (Å²) in [5, 5.41) is 12.3. The number of hydrogen-bond donors (Lipinski definition) is 2. The smallest absolute Gasteiger partial charge is 0.129 e. The van der Waals surface area contributed by atoms with Gasteiger partial charge in [-0.05, 0) is 18.9 Å². The van der Waals surface area contributed by atoms with Crippen molar-refractivity contribution in [2.75, 3.05) is 11.9 Å². The number of aliphatic hydroxyl groups is 1. The number of rotatable bonds is 4. The molecule has 0 aromatic carbocycles. The van der Waals surface area contributed by atoms with Crippen LogP contribution >= 0.6 is 0 Å². The lowest BCUT2D eigenvalue weighted by atomic mass is 10.1. The highest BCUT2D eigenvalue weighted by Gasteiger charge is 2.11. The zero-order valence-corrected chi connectivity index (χ0v) is 8.86. The molecule has 2 N–H and O–H groups in total. The third-order valence-corrected chi connectivity index (χ3v) is 2.11. The molecule has 0 aliphatic rings. The van der Waals surface area contributed by atoms with E-state index in [0.717, 1.165) is 11.6 Å². The third-order valence-electron chi connectivity index (χ3n) is 2.11. The van der Waals surface area contributed by atoms with Gasteiger partial charge in [0, 0.05) is 6.20 Å². The quantitative estimate of drug-likeness (QED) is 0.758. The Morgan fingerprint density at radius 1 is 1.50 bits per heavy atom. The zero-order valence-electron chi connectivity index (χ0n) is 8.86. The maximum atomic E-state index is 9.12. The van der Waals surface area contributed by atoms with Crippen molar-refractivity contribution < 1.29 is 5.11 Å². The van der Waals surface area contributed by atoms with E-state index in [1.807, 2.05) is 6.92 Å². The van der Waals surface area contributed by atoms with E-state index in [4.69, 9.17) is 5.11 Å². The maximum absolute atomic E-state index is 9.12. The minimum atomic E-state index is 0.0456. The molecule has 0 saturated carbocycles. The van der Waals surface area contributed by atoms with Gasteiger partial charge in [-0.3, -0.25) is 0 Å². The fraction of sp³-hybridized carbons (Fsp3) is 0.600. The molecular weight excluding hydrogens is 178 g/mol. The van der Waals surface area contributed by atoms with Gasteiger partial charge in [0.1, 0.15) is 11.6 Å². The third kappa shape index (κ3) is 2.96. The molecule has 0 unspecified atom stereocenters. The average Bonchev–Trinajstić information content (AvgIpc) is 2.14. The normalized spacial score (nSPS) is 12.9. The SMILES string of the molecule is Cc1nccc(N[C@H](CO)C(C)C)n1. The fourth-order valence-electron chi connectivity index (χ4n) is 1.15. The number of nitrogens with one attached hydrogen (secondary N) is 1. The highest BCUT2D eigenvalue weighted by atomic mass is 16.3. The lowest BCUT2D eigenvalue weighted by Gasteiger charge is -2.20. The van der Waals surface area contributed by atoms with Crippen molar-refractivity contribution in [2.45, 2.75) is 26.8 Å². The van der Waals surface area contributed by atoms with Gasteiger partial charge in [-0.1, -0.05) is 13.8 Å². The van der Waals surface area contributed by atoms with E-state index in [9.17, 15) is 0 Å². The topological polar surface area (TPSA) is 58.0 Å². The summed E-state index contributed by atoms with van der Waals surface area (Å²) in [5.41, 5.74) is 0. The Hall–Kier alpha value is -1.16. The van der Waals surface area contributed by atoms with Gasteiger partial charge in [0.05, 0.1) is 12.6 Å². The van der Waals surface area contributed by atoms with Crippen molar-refractivity contribution in [1.29, 1.82) is 0 Å². The summed E-state index contributed by atoms with van der Waals surface area (Å²) in [4.78, 5) is 8.21. The Morgan fingerprint density at radius 2 is 2.21 bits per heavy atom. The molecule has 0 fully saturated rings. The molecule has 4 nitrogen and oxygen atoms in total. The Balaban J connectivity index is 2.67. The first kappa shape index (κ1) is 10.9. The van der Waals surface area contributed by atoms with Crippen LogP contribution in [0.15, 0.2) is 12.3 Å². The molecule has 0 spiro atoms. The lowest BCUT2D eigenvalue weighted by molar-refractivity contribution is 0.249. The van der Waals surface area contributed by atoms with Gasteiger partial charge in [-0.25, -0.2) is 9.97 Å². The minimum Gasteiger partial charge on any atom is -0.394 e. The first-order valence-electron chi connectivity index (χ1n) is 4.80. The van der Waals surface area contributed by atoms with Crippen LogP contribution in [0.1, 0.15) is 19.7 Å². The number of hydrogen-bond acceptors (Lipinski definition) is 4. The van der Waals surface area contributed by atoms with Gasteiger partial charge < -0.3 is 10.4 Å². The molecule has 0 radical (unpaired) electrons. The van der Waals surface area contributed by atoms with E-state index in [0.29, 0.717) is 5.92 Å². The van der Waals surface area contributed by atoms with E-state index in [-0.39, 0.29) is 12.6 Å². The molecule has 1 atom stereocenters. The van der Waals surface area contributed by atoms with Crippen LogP contribution < -0.4 is 5.32 Å². The van der Waals surface area contributed by atoms with Crippen LogP contribution in [0.4, 0.5) is 5.82 Å². The predicted octanol–water partition coefficient (Wildman–Crippen LogP) is 1.21. The maximum Gasteiger partial charge on any atom is 0.129 e. The Morgan fingerprint density at radius 3 is 2.71 bits per heavy atom. The summed E-state index contributed by atoms with van der Waals surface area (Å²) in [6, 6.07) is 1.85. The first-order chi connectivity index (χ1) is 6.63. The number of aliphatic hydroxyl groups excluding tert-OH is 1. The van der Waals surface area contributed by atoms with Gasteiger partial charge in [0.15, 0.2) is 0 Å². The van der Waals surface area contributed by atoms with Crippen LogP contribution in [-0.4, -0.2) is 27.7 Å². The van der Waals surface area contributed by atoms with E-state index in [1.165, 1.54) is 0 Å². The van der Waals surface area contributed by atoms with Gasteiger partial charge >= 0.3 is 0 Å². The van der Waals surface area contributed by atoms with E-state index >= 15 is 0 Å². The Bertz CT molecular complexity index is 288. The van der Waals surface area contributed by atoms with Crippen molar-refractivity contribution in [2.24, 2.45) is 5.92 Å². The molecule has 0 aliphatic heterocycles. The van der Waals surface area contributed by atoms with E-state index in [1.54, 1.807) is 12.3 Å². The van der Waals surface area contributed by atoms with Gasteiger partial charge in [-0.15, -0.1) is 0 Å². The molecule has 1 rings (SSSR count). The van der Waals surface area contributed by atoms with Crippen LogP contribution in [-0.2, 0) is 0 Å². The van der Waals surface area contributed by atoms with Gasteiger partial charge in [0.25, 0.3) is 0 Å². The second kappa shape index (κ2) is 4.91. The van der Waals surface area contributed by atoms with Crippen LogP contribution in [0.5, 0.6) is 0 Å². The van der Waals surface area contributed by atoms with E-state index in [2.05, 4.69) is 29.1 Å². The zero-order chi connectivity index (χ0) is 10.6. The largest absolute Gasteiger partial charge is 0.394 e. The van der Waals surface area contributed by atoms with E-state index < -0.39 is 0 Å². The molecule has 0 aliphatic carbocycles. The summed E-state index contributed by atoms with van der Waals surface area (Å²) in [6.45, 7) is 6.07. The van der Waals surface area contributed by atoms with Crippen molar-refractivity contribution in [3.05, 3.63) is 18.1 Å². The standard InChI is InChI=1S/C10H17N3O/c1-7(2)9(6-14)13-10-4-5-11-8(3)12-10/h4-5,7,9,14H,6H2,1-3H3,(H,11,12,13)/t9-/m1/s1. The molecule has 0 bridgehead atoms. The molecule has 1 heterocycles. The monoisotopic (exact) mass is 195 g/mol. The van der Waals surface area contributed by atoms with Crippen molar-refractivity contribution in [3.8, 4) is 0 Å². The summed E-state index contributed by atoms with van der Waals surface area (Å²) < 4.78 is 0. The predicted molar refractivity (Wildman–Crippen MR) is 56.1 cm³/mol. The molecule has 14 heavy (non-hydrogen) atoms. The number of aryl methyl sites for hydroxylation is 1.